The molecule has 0 aliphatic heterocycles. The van der Waals surface area contributed by atoms with Crippen LogP contribution in [0.3, 0.4) is 0 Å². The Kier molecular flexibility index (Phi) is 5.11. The highest BCUT2D eigenvalue weighted by Gasteiger charge is 2.32. The van der Waals surface area contributed by atoms with E-state index in [1.807, 2.05) is 0 Å². The number of benzene rings is 1. The predicted molar refractivity (Wildman–Crippen MR) is 82.1 cm³/mol. The summed E-state index contributed by atoms with van der Waals surface area (Å²) in [6.07, 6.45) is 4.98. The molecule has 1 aliphatic carbocycles. The minimum atomic E-state index is 0.149. The van der Waals surface area contributed by atoms with Crippen LogP contribution >= 0.6 is 27.5 Å². The minimum Gasteiger partial charge on any atom is -0.306 e. The fourth-order valence-electron chi connectivity index (χ4n) is 2.61. The molecule has 0 bridgehead atoms. The van der Waals surface area contributed by atoms with Gasteiger partial charge in [0.1, 0.15) is 0 Å². The molecule has 0 aromatic heterocycles. The number of rotatable bonds is 4. The van der Waals surface area contributed by atoms with Crippen molar-refractivity contribution in [1.82, 2.24) is 5.32 Å². The van der Waals surface area contributed by atoms with E-state index in [0.29, 0.717) is 5.88 Å². The first-order valence-electron chi connectivity index (χ1n) is 6.69. The zero-order chi connectivity index (χ0) is 13.0. The molecule has 1 N–H and O–H groups in total. The lowest BCUT2D eigenvalue weighted by molar-refractivity contribution is 0.216. The van der Waals surface area contributed by atoms with Crippen molar-refractivity contribution in [2.24, 2.45) is 5.92 Å². The first-order chi connectivity index (χ1) is 8.63. The fourth-order valence-corrected chi connectivity index (χ4v) is 3.42. The topological polar surface area (TPSA) is 12.0 Å². The molecule has 3 heteroatoms. The SMILES string of the molecule is CC1CCC(CCl)(NCc2cccc(Br)c2)CC1. The molecule has 0 heterocycles. The van der Waals surface area contributed by atoms with E-state index in [2.05, 4.69) is 52.4 Å². The second-order valence-corrected chi connectivity index (χ2v) is 6.76. The summed E-state index contributed by atoms with van der Waals surface area (Å²) in [5.41, 5.74) is 1.46. The lowest BCUT2D eigenvalue weighted by Gasteiger charge is -2.39. The Morgan fingerprint density at radius 1 is 1.39 bits per heavy atom. The molecule has 1 nitrogen and oxygen atoms in total. The van der Waals surface area contributed by atoms with Crippen LogP contribution in [0.25, 0.3) is 0 Å². The summed E-state index contributed by atoms with van der Waals surface area (Å²) in [4.78, 5) is 0. The summed E-state index contributed by atoms with van der Waals surface area (Å²) < 4.78 is 1.14. The van der Waals surface area contributed by atoms with E-state index in [1.54, 1.807) is 0 Å². The first kappa shape index (κ1) is 14.4. The molecule has 1 saturated carbocycles. The molecule has 100 valence electrons. The molecule has 1 fully saturated rings. The minimum absolute atomic E-state index is 0.149. The van der Waals surface area contributed by atoms with Gasteiger partial charge in [-0.15, -0.1) is 11.6 Å². The third-order valence-corrected chi connectivity index (χ3v) is 5.05. The Hall–Kier alpha value is -0.0500. The average Bonchev–Trinajstić information content (AvgIpc) is 2.39. The molecule has 1 aromatic carbocycles. The maximum Gasteiger partial charge on any atom is 0.0406 e. The van der Waals surface area contributed by atoms with Crippen LogP contribution in [0.2, 0.25) is 0 Å². The highest BCUT2D eigenvalue weighted by Crippen LogP contribution is 2.33. The lowest BCUT2D eigenvalue weighted by atomic mass is 9.78. The van der Waals surface area contributed by atoms with Gasteiger partial charge in [0.2, 0.25) is 0 Å². The Labute approximate surface area is 123 Å². The van der Waals surface area contributed by atoms with Crippen molar-refractivity contribution in [3.8, 4) is 0 Å². The van der Waals surface area contributed by atoms with Gasteiger partial charge in [-0.1, -0.05) is 35.0 Å². The van der Waals surface area contributed by atoms with Crippen LogP contribution < -0.4 is 5.32 Å². The molecule has 1 aliphatic rings. The van der Waals surface area contributed by atoms with Gasteiger partial charge >= 0.3 is 0 Å². The predicted octanol–water partition coefficient (Wildman–Crippen LogP) is 4.73. The molecule has 0 saturated heterocycles. The van der Waals surface area contributed by atoms with Gasteiger partial charge in [0.05, 0.1) is 0 Å². The third-order valence-electron chi connectivity index (χ3n) is 4.04. The van der Waals surface area contributed by atoms with Crippen LogP contribution in [0.5, 0.6) is 0 Å². The summed E-state index contributed by atoms with van der Waals surface area (Å²) in [5, 5.41) is 3.70. The van der Waals surface area contributed by atoms with Gasteiger partial charge < -0.3 is 5.32 Å². The van der Waals surface area contributed by atoms with E-state index in [0.717, 1.165) is 16.9 Å². The summed E-state index contributed by atoms with van der Waals surface area (Å²) in [6.45, 7) is 3.24. The fraction of sp³-hybridized carbons (Fsp3) is 0.600. The normalized spacial score (nSPS) is 28.3. The number of halogens is 2. The van der Waals surface area contributed by atoms with Crippen LogP contribution in [0, 0.1) is 5.92 Å². The Morgan fingerprint density at radius 2 is 2.11 bits per heavy atom. The summed E-state index contributed by atoms with van der Waals surface area (Å²) >= 11 is 9.72. The van der Waals surface area contributed by atoms with Crippen LogP contribution in [-0.4, -0.2) is 11.4 Å². The van der Waals surface area contributed by atoms with E-state index in [1.165, 1.54) is 31.2 Å². The lowest BCUT2D eigenvalue weighted by Crippen LogP contribution is -2.49. The monoisotopic (exact) mass is 329 g/mol. The largest absolute Gasteiger partial charge is 0.306 e. The van der Waals surface area contributed by atoms with Crippen LogP contribution in [0.4, 0.5) is 0 Å². The van der Waals surface area contributed by atoms with E-state index in [-0.39, 0.29) is 5.54 Å². The van der Waals surface area contributed by atoms with Crippen molar-refractivity contribution in [1.29, 1.82) is 0 Å². The summed E-state index contributed by atoms with van der Waals surface area (Å²) in [6, 6.07) is 8.46. The van der Waals surface area contributed by atoms with Gasteiger partial charge in [0.15, 0.2) is 0 Å². The second-order valence-electron chi connectivity index (χ2n) is 5.58. The van der Waals surface area contributed by atoms with E-state index in [4.69, 9.17) is 11.6 Å². The molecule has 0 unspecified atom stereocenters. The standard InChI is InChI=1S/C15H21BrClN/c1-12-5-7-15(11-17,8-6-12)18-10-13-3-2-4-14(16)9-13/h2-4,9,12,18H,5-8,10-11H2,1H3. The Balaban J connectivity index is 1.95. The highest BCUT2D eigenvalue weighted by atomic mass is 79.9. The molecule has 18 heavy (non-hydrogen) atoms. The highest BCUT2D eigenvalue weighted by molar-refractivity contribution is 9.10. The zero-order valence-corrected chi connectivity index (χ0v) is 13.2. The van der Waals surface area contributed by atoms with Crippen LogP contribution in [0.1, 0.15) is 38.2 Å². The van der Waals surface area contributed by atoms with Crippen molar-refractivity contribution in [3.05, 3.63) is 34.3 Å². The first-order valence-corrected chi connectivity index (χ1v) is 8.02. The van der Waals surface area contributed by atoms with Gasteiger partial charge in [-0.25, -0.2) is 0 Å². The van der Waals surface area contributed by atoms with Gasteiger partial charge in [0.25, 0.3) is 0 Å². The molecular formula is C15H21BrClN. The van der Waals surface area contributed by atoms with Crippen molar-refractivity contribution >= 4 is 27.5 Å². The van der Waals surface area contributed by atoms with Crippen LogP contribution in [0.15, 0.2) is 28.7 Å². The average molecular weight is 331 g/mol. The quantitative estimate of drug-likeness (QED) is 0.787. The maximum atomic E-state index is 6.21. The molecule has 0 spiro atoms. The Bertz CT molecular complexity index is 386. The number of nitrogens with one attached hydrogen (secondary N) is 1. The van der Waals surface area contributed by atoms with Crippen molar-refractivity contribution in [3.63, 3.8) is 0 Å². The Morgan fingerprint density at radius 3 is 2.72 bits per heavy atom. The molecule has 0 atom stereocenters. The molecule has 0 amide bonds. The molecule has 2 rings (SSSR count). The van der Waals surface area contributed by atoms with E-state index < -0.39 is 0 Å². The van der Waals surface area contributed by atoms with Crippen molar-refractivity contribution in [2.75, 3.05) is 5.88 Å². The summed E-state index contributed by atoms with van der Waals surface area (Å²) in [7, 11) is 0. The van der Waals surface area contributed by atoms with Crippen molar-refractivity contribution in [2.45, 2.75) is 44.7 Å². The van der Waals surface area contributed by atoms with Gasteiger partial charge in [-0.2, -0.15) is 0 Å². The molecular weight excluding hydrogens is 310 g/mol. The van der Waals surface area contributed by atoms with E-state index >= 15 is 0 Å². The number of hydrogen-bond acceptors (Lipinski definition) is 1. The van der Waals surface area contributed by atoms with Gasteiger partial charge in [0, 0.05) is 22.4 Å². The second kappa shape index (κ2) is 6.40. The maximum absolute atomic E-state index is 6.21. The van der Waals surface area contributed by atoms with Gasteiger partial charge in [-0.3, -0.25) is 0 Å². The third kappa shape index (κ3) is 3.72. The zero-order valence-electron chi connectivity index (χ0n) is 10.9. The van der Waals surface area contributed by atoms with E-state index in [9.17, 15) is 0 Å². The van der Waals surface area contributed by atoms with Crippen LogP contribution in [-0.2, 0) is 6.54 Å². The summed E-state index contributed by atoms with van der Waals surface area (Å²) in [5.74, 6) is 1.57. The molecule has 1 aromatic rings. The number of alkyl halides is 1. The number of hydrogen-bond donors (Lipinski definition) is 1. The smallest absolute Gasteiger partial charge is 0.0406 e. The van der Waals surface area contributed by atoms with Crippen molar-refractivity contribution < 1.29 is 0 Å². The molecule has 0 radical (unpaired) electrons. The van der Waals surface area contributed by atoms with Gasteiger partial charge in [-0.05, 0) is 49.3 Å².